The highest BCUT2D eigenvalue weighted by molar-refractivity contribution is 7.98. The topological polar surface area (TPSA) is 49.3 Å². The number of hydrogen-bond donors (Lipinski definition) is 2. The summed E-state index contributed by atoms with van der Waals surface area (Å²) in [5.74, 6) is -1.90. The van der Waals surface area contributed by atoms with Crippen molar-refractivity contribution in [3.63, 3.8) is 0 Å². The number of halogens is 2. The molecule has 2 N–H and O–H groups in total. The average molecular weight is 343 g/mol. The molecule has 3 nitrogen and oxygen atoms in total. The second-order valence-electron chi connectivity index (χ2n) is 4.90. The van der Waals surface area contributed by atoms with Crippen LogP contribution in [0.3, 0.4) is 0 Å². The molecule has 1 unspecified atom stereocenters. The summed E-state index contributed by atoms with van der Waals surface area (Å²) in [7, 11) is 0. The Hall–Kier alpha value is -1.44. The van der Waals surface area contributed by atoms with E-state index in [1.807, 2.05) is 12.3 Å². The molecule has 22 heavy (non-hydrogen) atoms. The third-order valence-corrected chi connectivity index (χ3v) is 4.98. The highest BCUT2D eigenvalue weighted by Crippen LogP contribution is 2.27. The van der Waals surface area contributed by atoms with Gasteiger partial charge in [-0.1, -0.05) is 6.07 Å². The van der Waals surface area contributed by atoms with Gasteiger partial charge in [-0.05, 0) is 30.7 Å². The first-order valence-corrected chi connectivity index (χ1v) is 8.53. The van der Waals surface area contributed by atoms with Crippen LogP contribution in [0.5, 0.6) is 0 Å². The summed E-state index contributed by atoms with van der Waals surface area (Å²) in [5, 5.41) is 14.7. The first kappa shape index (κ1) is 16.9. The van der Waals surface area contributed by atoms with Crippen molar-refractivity contribution < 1.29 is 18.7 Å². The van der Waals surface area contributed by atoms with Gasteiger partial charge in [0.15, 0.2) is 0 Å². The van der Waals surface area contributed by atoms with Crippen molar-refractivity contribution in [1.29, 1.82) is 0 Å². The van der Waals surface area contributed by atoms with E-state index in [0.29, 0.717) is 10.9 Å². The van der Waals surface area contributed by atoms with Crippen molar-refractivity contribution in [3.05, 3.63) is 51.7 Å². The lowest BCUT2D eigenvalue weighted by Gasteiger charge is -2.24. The molecule has 0 spiro atoms. The smallest absolute Gasteiger partial charge is 0.262 e. The van der Waals surface area contributed by atoms with Crippen molar-refractivity contribution in [2.45, 2.75) is 17.4 Å². The van der Waals surface area contributed by atoms with E-state index in [-0.39, 0.29) is 18.0 Å². The lowest BCUT2D eigenvalue weighted by molar-refractivity contribution is 0.0495. The van der Waals surface area contributed by atoms with Gasteiger partial charge in [0.25, 0.3) is 5.91 Å². The van der Waals surface area contributed by atoms with Crippen LogP contribution in [0.4, 0.5) is 8.78 Å². The van der Waals surface area contributed by atoms with Gasteiger partial charge in [0.1, 0.15) is 22.1 Å². The predicted octanol–water partition coefficient (Wildman–Crippen LogP) is 3.39. The molecule has 0 bridgehead atoms. The number of nitrogens with one attached hydrogen (secondary N) is 1. The molecule has 1 amide bonds. The third-order valence-electron chi connectivity index (χ3n) is 3.16. The Morgan fingerprint density at radius 1 is 1.41 bits per heavy atom. The molecule has 0 saturated heterocycles. The molecule has 2 rings (SSSR count). The molecule has 0 aliphatic rings. The van der Waals surface area contributed by atoms with Crippen LogP contribution in [0.2, 0.25) is 0 Å². The summed E-state index contributed by atoms with van der Waals surface area (Å²) in [6.07, 6.45) is 1.86. The van der Waals surface area contributed by atoms with Crippen LogP contribution in [0, 0.1) is 11.6 Å². The van der Waals surface area contributed by atoms with Crippen molar-refractivity contribution >= 4 is 29.0 Å². The Kier molecular flexibility index (Phi) is 5.20. The standard InChI is InChI=1S/C15H15F2NO2S2/c1-15(20,10-4-3-9(16)7-11(10)17)8-18-14(19)13-12(21-2)5-6-22-13/h3-7,20H,8H2,1-2H3,(H,18,19). The number of benzene rings is 1. The van der Waals surface area contributed by atoms with Gasteiger partial charge in [-0.15, -0.1) is 23.1 Å². The van der Waals surface area contributed by atoms with Gasteiger partial charge in [0.05, 0.1) is 6.54 Å². The fraction of sp³-hybridized carbons (Fsp3) is 0.267. The largest absolute Gasteiger partial charge is 0.383 e. The molecule has 7 heteroatoms. The molecule has 1 heterocycles. The minimum absolute atomic E-state index is 0.0644. The van der Waals surface area contributed by atoms with Crippen molar-refractivity contribution in [2.75, 3.05) is 12.8 Å². The van der Waals surface area contributed by atoms with Gasteiger partial charge in [0.2, 0.25) is 0 Å². The van der Waals surface area contributed by atoms with Crippen LogP contribution in [-0.4, -0.2) is 23.8 Å². The lowest BCUT2D eigenvalue weighted by Crippen LogP contribution is -2.39. The summed E-state index contributed by atoms with van der Waals surface area (Å²) >= 11 is 2.75. The molecule has 0 aliphatic carbocycles. The summed E-state index contributed by atoms with van der Waals surface area (Å²) in [6.45, 7) is 1.19. The number of aliphatic hydroxyl groups is 1. The number of amides is 1. The lowest BCUT2D eigenvalue weighted by atomic mass is 9.95. The maximum Gasteiger partial charge on any atom is 0.262 e. The van der Waals surface area contributed by atoms with Crippen molar-refractivity contribution in [2.24, 2.45) is 0 Å². The number of carbonyl (C=O) groups excluding carboxylic acids is 1. The van der Waals surface area contributed by atoms with Gasteiger partial charge < -0.3 is 10.4 Å². The van der Waals surface area contributed by atoms with E-state index >= 15 is 0 Å². The fourth-order valence-corrected chi connectivity index (χ4v) is 3.64. The average Bonchev–Trinajstić information content (AvgIpc) is 2.93. The van der Waals surface area contributed by atoms with E-state index in [4.69, 9.17) is 0 Å². The number of hydrogen-bond acceptors (Lipinski definition) is 4. The zero-order chi connectivity index (χ0) is 16.3. The molecule has 0 radical (unpaired) electrons. The number of thiophene rings is 1. The van der Waals surface area contributed by atoms with Gasteiger partial charge in [-0.25, -0.2) is 8.78 Å². The second kappa shape index (κ2) is 6.76. The van der Waals surface area contributed by atoms with Gasteiger partial charge >= 0.3 is 0 Å². The summed E-state index contributed by atoms with van der Waals surface area (Å²) < 4.78 is 26.7. The van der Waals surface area contributed by atoms with E-state index in [1.165, 1.54) is 36.1 Å². The number of rotatable bonds is 5. The second-order valence-corrected chi connectivity index (χ2v) is 6.66. The predicted molar refractivity (Wildman–Crippen MR) is 84.4 cm³/mol. The molecular formula is C15H15F2NO2S2. The molecule has 118 valence electrons. The maximum absolute atomic E-state index is 13.7. The maximum atomic E-state index is 13.7. The molecule has 1 aromatic heterocycles. The Bertz CT molecular complexity index is 686. The monoisotopic (exact) mass is 343 g/mol. The van der Waals surface area contributed by atoms with Crippen LogP contribution < -0.4 is 5.32 Å². The summed E-state index contributed by atoms with van der Waals surface area (Å²) in [6, 6.07) is 4.79. The zero-order valence-electron chi connectivity index (χ0n) is 12.0. The number of carbonyl (C=O) groups is 1. The molecule has 2 aromatic rings. The van der Waals surface area contributed by atoms with Crippen LogP contribution >= 0.6 is 23.1 Å². The van der Waals surface area contributed by atoms with Gasteiger partial charge in [-0.2, -0.15) is 0 Å². The molecule has 1 aromatic carbocycles. The van der Waals surface area contributed by atoms with Crippen molar-refractivity contribution in [1.82, 2.24) is 5.32 Å². The first-order valence-electron chi connectivity index (χ1n) is 6.43. The van der Waals surface area contributed by atoms with Gasteiger partial charge in [0, 0.05) is 16.5 Å². The van der Waals surface area contributed by atoms with E-state index in [2.05, 4.69) is 5.32 Å². The van der Waals surface area contributed by atoms with E-state index < -0.39 is 17.2 Å². The summed E-state index contributed by atoms with van der Waals surface area (Å²) in [4.78, 5) is 13.5. The Morgan fingerprint density at radius 2 is 2.14 bits per heavy atom. The normalized spacial score (nSPS) is 13.7. The van der Waals surface area contributed by atoms with E-state index in [1.54, 1.807) is 5.38 Å². The van der Waals surface area contributed by atoms with Crippen LogP contribution in [0.15, 0.2) is 34.5 Å². The Labute approximate surface area is 135 Å². The Balaban J connectivity index is 2.11. The molecular weight excluding hydrogens is 328 g/mol. The highest BCUT2D eigenvalue weighted by Gasteiger charge is 2.28. The fourth-order valence-electron chi connectivity index (χ4n) is 1.98. The zero-order valence-corrected chi connectivity index (χ0v) is 13.7. The Morgan fingerprint density at radius 3 is 2.77 bits per heavy atom. The minimum Gasteiger partial charge on any atom is -0.383 e. The van der Waals surface area contributed by atoms with E-state index in [9.17, 15) is 18.7 Å². The highest BCUT2D eigenvalue weighted by atomic mass is 32.2. The van der Waals surface area contributed by atoms with Crippen LogP contribution in [-0.2, 0) is 5.60 Å². The minimum atomic E-state index is -1.63. The number of thioether (sulfide) groups is 1. The van der Waals surface area contributed by atoms with Crippen LogP contribution in [0.25, 0.3) is 0 Å². The first-order chi connectivity index (χ1) is 10.3. The molecule has 1 atom stereocenters. The van der Waals surface area contributed by atoms with Gasteiger partial charge in [-0.3, -0.25) is 4.79 Å². The molecule has 0 fully saturated rings. The third kappa shape index (κ3) is 3.66. The molecule has 0 saturated carbocycles. The summed E-state index contributed by atoms with van der Waals surface area (Å²) in [5.41, 5.74) is -1.70. The van der Waals surface area contributed by atoms with E-state index in [0.717, 1.165) is 11.0 Å². The van der Waals surface area contributed by atoms with Crippen LogP contribution in [0.1, 0.15) is 22.2 Å². The SMILES string of the molecule is CSc1ccsc1C(=O)NCC(C)(O)c1ccc(F)cc1F. The molecule has 0 aliphatic heterocycles. The quantitative estimate of drug-likeness (QED) is 0.818. The van der Waals surface area contributed by atoms with Crippen molar-refractivity contribution in [3.8, 4) is 0 Å².